The van der Waals surface area contributed by atoms with Crippen molar-refractivity contribution in [2.24, 2.45) is 22.7 Å². The lowest BCUT2D eigenvalue weighted by atomic mass is 10.1. The van der Waals surface area contributed by atoms with Crippen molar-refractivity contribution in [3.05, 3.63) is 0 Å². The molecule has 3 saturated carbocycles. The zero-order valence-electron chi connectivity index (χ0n) is 55.0. The number of hydroxylamine groups is 9. The maximum Gasteiger partial charge on any atom is 0.240 e. The van der Waals surface area contributed by atoms with E-state index in [1.807, 2.05) is 55.4 Å². The second-order valence-corrected chi connectivity index (χ2v) is 21.9. The summed E-state index contributed by atoms with van der Waals surface area (Å²) in [4.78, 5) is 135. The molecule has 0 saturated heterocycles. The summed E-state index contributed by atoms with van der Waals surface area (Å²) in [7, 11) is 0. The zero-order chi connectivity index (χ0) is 67.3. The van der Waals surface area contributed by atoms with Gasteiger partial charge in [-0.25, -0.2) is 49.3 Å². The van der Waals surface area contributed by atoms with Crippen molar-refractivity contribution in [3.63, 3.8) is 0 Å². The Balaban J connectivity index is -0.000000207. The van der Waals surface area contributed by atoms with Gasteiger partial charge in [0.05, 0.1) is 58.0 Å². The van der Waals surface area contributed by atoms with Crippen LogP contribution in [-0.4, -0.2) is 145 Å². The lowest BCUT2D eigenvalue weighted by Gasteiger charge is -2.21. The van der Waals surface area contributed by atoms with Gasteiger partial charge < -0.3 is 15.3 Å². The Kier molecular flexibility index (Phi) is 59.2. The quantitative estimate of drug-likeness (QED) is 0.0393. The molecule has 12 N–H and O–H groups in total. The van der Waals surface area contributed by atoms with Gasteiger partial charge in [0.1, 0.15) is 18.3 Å². The molecule has 1 unspecified atom stereocenters. The Labute approximate surface area is 505 Å². The third-order valence-electron chi connectivity index (χ3n) is 9.86. The van der Waals surface area contributed by atoms with Crippen LogP contribution in [0.25, 0.3) is 0 Å². The second-order valence-electron chi connectivity index (χ2n) is 21.9. The normalized spacial score (nSPS) is 14.2. The highest BCUT2D eigenvalue weighted by atomic mass is 16.7. The molecule has 85 heavy (non-hydrogen) atoms. The van der Waals surface area contributed by atoms with Crippen molar-refractivity contribution < 1.29 is 102 Å². The van der Waals surface area contributed by atoms with Gasteiger partial charge in [0.2, 0.25) is 53.2 Å². The van der Waals surface area contributed by atoms with Gasteiger partial charge in [0, 0.05) is 62.3 Å². The van der Waals surface area contributed by atoms with Crippen LogP contribution >= 0.6 is 0 Å². The van der Waals surface area contributed by atoms with Crippen LogP contribution in [0.15, 0.2) is 0 Å². The van der Waals surface area contributed by atoms with E-state index < -0.39 is 11.7 Å². The fraction of sp³-hybridized carbons (Fsp3) is 0.836. The van der Waals surface area contributed by atoms with Crippen LogP contribution in [0.2, 0.25) is 0 Å². The molecular formula is C55H113N9O21. The fourth-order valence-electron chi connectivity index (χ4n) is 3.99. The molecule has 0 aromatic heterocycles. The third kappa shape index (κ3) is 83.0. The first-order valence-electron chi connectivity index (χ1n) is 28.3. The average Bonchev–Trinajstić information content (AvgIpc) is 4.42. The molecule has 3 aliphatic carbocycles. The maximum atomic E-state index is 10.4. The SMILES string of the molecule is CC(=O)NOC(C)CO.CC(=O)NOC1(CO)CC1.CC(=O)NOCC(C)C.CC(=O)NOCC(C)C.CC(=O)NOCC1(C)CC1.CC(=O)NOC[C@H](C)O.CCC(C)(C)ONC(C)=O.CCC1(CONC(C)=O)CC1.CCCONC(C)=O. The van der Waals surface area contributed by atoms with Crippen LogP contribution < -0.4 is 49.3 Å². The van der Waals surface area contributed by atoms with Gasteiger partial charge in [-0.05, 0) is 108 Å². The predicted octanol–water partition coefficient (Wildman–Crippen LogP) is 3.67. The zero-order valence-corrected chi connectivity index (χ0v) is 55.0. The standard InChI is InChI=1S/C8H15NO2.C7H13NO2.C7H15NO2.C6H11NO3.2C6H13NO2.2C5H11NO3.C5H11NO2/c1-3-8(4-5-8)6-11-9-7(2)10;1-6(9)8-10-5-7(2)3-4-7;1-5-7(3,4)10-8-6(2)9;1-5(9)7-10-6(4-8)2-3-6;2*1-5(2)4-9-7-6(3)8;1-4(7)3-9-6-5(2)8;1-4(3-7)9-6-5(2)8;1-3-4-8-6-5(2)7/h3-6H2,1-2H3,(H,9,10);3-5H2,1-2H3,(H,8,9);5H2,1-4H3,(H,8,9);8H,2-4H2,1H3,(H,7,9);2*5H,4H2,1-3H3,(H,7,8);2*4,7H,3H2,1-2H3,(H,6,8);3-4H2,1-2H3,(H,6,7)/t;;;;;;4-;;/m......0../s1. The molecule has 9 amide bonds. The van der Waals surface area contributed by atoms with Crippen LogP contribution in [-0.2, 0) is 86.7 Å². The minimum atomic E-state index is -0.545. The van der Waals surface area contributed by atoms with E-state index in [-0.39, 0.29) is 84.7 Å². The number of rotatable bonds is 28. The topological polar surface area (TPSA) is 406 Å². The number of amides is 9. The Bertz CT molecular complexity index is 1710. The number of aliphatic hydroxyl groups is 3. The largest absolute Gasteiger partial charge is 0.394 e. The molecule has 0 radical (unpaired) electrons. The van der Waals surface area contributed by atoms with Crippen LogP contribution in [0.5, 0.6) is 0 Å². The van der Waals surface area contributed by atoms with Gasteiger partial charge >= 0.3 is 0 Å². The average molecular weight is 1240 g/mol. The summed E-state index contributed by atoms with van der Waals surface area (Å²) in [6.45, 7) is 39.0. The molecule has 3 aliphatic rings. The summed E-state index contributed by atoms with van der Waals surface area (Å²) in [6, 6.07) is 0. The molecule has 3 rings (SSSR count). The van der Waals surface area contributed by atoms with Gasteiger partial charge in [0.15, 0.2) is 0 Å². The molecule has 0 heterocycles. The molecule has 0 spiro atoms. The van der Waals surface area contributed by atoms with E-state index in [0.29, 0.717) is 55.7 Å². The molecule has 0 aromatic carbocycles. The van der Waals surface area contributed by atoms with Crippen LogP contribution in [0.4, 0.5) is 0 Å². The van der Waals surface area contributed by atoms with Gasteiger partial charge in [-0.3, -0.25) is 86.7 Å². The summed E-state index contributed by atoms with van der Waals surface area (Å²) in [5, 5.41) is 25.7. The third-order valence-corrected chi connectivity index (χ3v) is 9.86. The molecule has 0 aromatic rings. The molecule has 30 heteroatoms. The summed E-state index contributed by atoms with van der Waals surface area (Å²) < 4.78 is 0. The molecule has 3 fully saturated rings. The van der Waals surface area contributed by atoms with Crippen LogP contribution in [0, 0.1) is 22.7 Å². The summed E-state index contributed by atoms with van der Waals surface area (Å²) >= 11 is 0. The van der Waals surface area contributed by atoms with Crippen molar-refractivity contribution in [1.29, 1.82) is 0 Å². The summed E-state index contributed by atoms with van der Waals surface area (Å²) in [6.07, 6.45) is 8.60. The molecule has 30 nitrogen and oxygen atoms in total. The van der Waals surface area contributed by atoms with Crippen molar-refractivity contribution in [2.45, 2.75) is 227 Å². The van der Waals surface area contributed by atoms with Gasteiger partial charge in [-0.1, -0.05) is 55.4 Å². The Morgan fingerprint density at radius 3 is 1.13 bits per heavy atom. The predicted molar refractivity (Wildman–Crippen MR) is 314 cm³/mol. The summed E-state index contributed by atoms with van der Waals surface area (Å²) in [5.41, 5.74) is 20.0. The number of carbonyl (C=O) groups excluding carboxylic acids is 9. The Morgan fingerprint density at radius 1 is 0.482 bits per heavy atom. The minimum Gasteiger partial charge on any atom is -0.394 e. The van der Waals surface area contributed by atoms with E-state index in [0.717, 1.165) is 32.1 Å². The van der Waals surface area contributed by atoms with Gasteiger partial charge in [-0.2, -0.15) is 0 Å². The lowest BCUT2D eigenvalue weighted by Crippen LogP contribution is -2.33. The highest BCUT2D eigenvalue weighted by molar-refractivity contribution is 5.73. The first kappa shape index (κ1) is 90.9. The van der Waals surface area contributed by atoms with Crippen molar-refractivity contribution in [3.8, 4) is 0 Å². The first-order chi connectivity index (χ1) is 39.3. The molecular weight excluding hydrogens is 1120 g/mol. The van der Waals surface area contributed by atoms with Gasteiger partial charge in [-0.15, -0.1) is 0 Å². The molecule has 504 valence electrons. The fourth-order valence-corrected chi connectivity index (χ4v) is 3.99. The van der Waals surface area contributed by atoms with Gasteiger partial charge in [0.25, 0.3) is 0 Å². The van der Waals surface area contributed by atoms with E-state index in [4.69, 9.17) is 44.3 Å². The molecule has 2 atom stereocenters. The summed E-state index contributed by atoms with van der Waals surface area (Å²) in [5.74, 6) is -0.758. The van der Waals surface area contributed by atoms with Crippen LogP contribution in [0.3, 0.4) is 0 Å². The van der Waals surface area contributed by atoms with E-state index >= 15 is 0 Å². The number of nitrogens with one attached hydrogen (secondary N) is 9. The lowest BCUT2D eigenvalue weighted by molar-refractivity contribution is -0.146. The number of hydrogen-bond donors (Lipinski definition) is 12. The molecule has 0 aliphatic heterocycles. The Hall–Kier alpha value is -5.25. The minimum absolute atomic E-state index is 0.0206. The molecule has 0 bridgehead atoms. The highest BCUT2D eigenvalue weighted by Gasteiger charge is 2.45. The van der Waals surface area contributed by atoms with E-state index in [9.17, 15) is 43.2 Å². The van der Waals surface area contributed by atoms with Crippen molar-refractivity contribution in [1.82, 2.24) is 49.3 Å². The van der Waals surface area contributed by atoms with Crippen molar-refractivity contribution in [2.75, 3.05) is 52.9 Å². The number of aliphatic hydroxyl groups excluding tert-OH is 3. The van der Waals surface area contributed by atoms with E-state index in [1.54, 1.807) is 13.8 Å². The van der Waals surface area contributed by atoms with E-state index in [1.165, 1.54) is 88.0 Å². The highest BCUT2D eigenvalue weighted by Crippen LogP contribution is 2.48. The van der Waals surface area contributed by atoms with Crippen molar-refractivity contribution >= 4 is 53.2 Å². The smallest absolute Gasteiger partial charge is 0.240 e. The Morgan fingerprint density at radius 2 is 0.847 bits per heavy atom. The monoisotopic (exact) mass is 1240 g/mol. The van der Waals surface area contributed by atoms with E-state index in [2.05, 4.69) is 77.7 Å². The second kappa shape index (κ2) is 55.3. The number of hydrogen-bond acceptors (Lipinski definition) is 21. The van der Waals surface area contributed by atoms with Crippen LogP contribution in [0.1, 0.15) is 203 Å². The maximum absolute atomic E-state index is 10.4. The first-order valence-corrected chi connectivity index (χ1v) is 28.3. The number of carbonyl (C=O) groups is 9.